The minimum absolute atomic E-state index is 0.0216. The fraction of sp³-hybridized carbons (Fsp3) is 0.462. The quantitative estimate of drug-likeness (QED) is 0.724. The van der Waals surface area contributed by atoms with Crippen LogP contribution in [0.3, 0.4) is 0 Å². The Hall–Kier alpha value is -2.66. The van der Waals surface area contributed by atoms with E-state index in [9.17, 15) is 9.59 Å². The van der Waals surface area contributed by atoms with E-state index in [4.69, 9.17) is 4.74 Å². The van der Waals surface area contributed by atoms with Gasteiger partial charge in [-0.2, -0.15) is 0 Å². The summed E-state index contributed by atoms with van der Waals surface area (Å²) < 4.78 is 5.77. The van der Waals surface area contributed by atoms with Gasteiger partial charge in [0.1, 0.15) is 0 Å². The molecule has 2 amide bonds. The second kappa shape index (κ2) is 9.65. The summed E-state index contributed by atoms with van der Waals surface area (Å²) in [6, 6.07) is 14.3. The molecule has 4 rings (SSSR count). The van der Waals surface area contributed by atoms with Gasteiger partial charge in [0, 0.05) is 25.3 Å². The molecule has 1 saturated heterocycles. The molecule has 0 bridgehead atoms. The molecule has 164 valence electrons. The molecule has 2 aromatic rings. The third kappa shape index (κ3) is 5.16. The number of benzene rings is 2. The first-order valence-electron chi connectivity index (χ1n) is 11.3. The molecule has 0 spiro atoms. The molecule has 1 fully saturated rings. The number of hydrogen-bond donors (Lipinski definition) is 1. The Balaban J connectivity index is 1.44. The molecule has 2 aromatic carbocycles. The first-order chi connectivity index (χ1) is 15.0. The lowest BCUT2D eigenvalue weighted by molar-refractivity contribution is -0.136. The van der Waals surface area contributed by atoms with Gasteiger partial charge in [0.05, 0.1) is 12.6 Å². The van der Waals surface area contributed by atoms with Crippen LogP contribution in [0.2, 0.25) is 0 Å². The highest BCUT2D eigenvalue weighted by atomic mass is 16.5. The van der Waals surface area contributed by atoms with E-state index in [1.165, 1.54) is 11.1 Å². The Labute approximate surface area is 184 Å². The van der Waals surface area contributed by atoms with Gasteiger partial charge in [-0.05, 0) is 73.8 Å². The minimum Gasteiger partial charge on any atom is -0.376 e. The first kappa shape index (κ1) is 21.6. The maximum atomic E-state index is 13.3. The molecule has 2 atom stereocenters. The second-order valence-corrected chi connectivity index (χ2v) is 8.84. The number of nitrogens with one attached hydrogen (secondary N) is 1. The normalized spacial score (nSPS) is 19.8. The summed E-state index contributed by atoms with van der Waals surface area (Å²) in [6.45, 7) is 5.29. The molecule has 0 aromatic heterocycles. The van der Waals surface area contributed by atoms with E-state index in [0.717, 1.165) is 49.1 Å². The summed E-state index contributed by atoms with van der Waals surface area (Å²) in [6.07, 6.45) is 4.43. The van der Waals surface area contributed by atoms with E-state index in [1.807, 2.05) is 38.1 Å². The van der Waals surface area contributed by atoms with Crippen LogP contribution in [-0.2, 0) is 20.7 Å². The van der Waals surface area contributed by atoms with Crippen LogP contribution < -0.4 is 5.32 Å². The molecule has 1 heterocycles. The minimum atomic E-state index is -0.160. The Morgan fingerprint density at radius 3 is 2.74 bits per heavy atom. The molecule has 2 aliphatic rings. The number of amides is 2. The van der Waals surface area contributed by atoms with Gasteiger partial charge in [0.15, 0.2) is 0 Å². The van der Waals surface area contributed by atoms with E-state index in [1.54, 1.807) is 4.90 Å². The molecule has 0 radical (unpaired) electrons. The van der Waals surface area contributed by atoms with Crippen molar-refractivity contribution in [2.75, 3.05) is 25.0 Å². The highest BCUT2D eigenvalue weighted by molar-refractivity contribution is 5.95. The van der Waals surface area contributed by atoms with Crippen molar-refractivity contribution < 1.29 is 14.3 Å². The highest BCUT2D eigenvalue weighted by Crippen LogP contribution is 2.35. The fourth-order valence-electron chi connectivity index (χ4n) is 4.74. The van der Waals surface area contributed by atoms with E-state index in [2.05, 4.69) is 23.5 Å². The summed E-state index contributed by atoms with van der Waals surface area (Å²) in [5.41, 5.74) is 5.62. The van der Waals surface area contributed by atoms with Crippen molar-refractivity contribution in [2.24, 2.45) is 0 Å². The van der Waals surface area contributed by atoms with E-state index >= 15 is 0 Å². The summed E-state index contributed by atoms with van der Waals surface area (Å²) in [5.74, 6) is 0.109. The molecule has 0 saturated carbocycles. The predicted molar refractivity (Wildman–Crippen MR) is 122 cm³/mol. The predicted octanol–water partition coefficient (Wildman–Crippen LogP) is 4.37. The number of fused-ring (bicyclic) bond motifs is 1. The molecule has 1 aliphatic heterocycles. The Bertz CT molecular complexity index is 949. The van der Waals surface area contributed by atoms with Crippen LogP contribution in [0.25, 0.3) is 0 Å². The average Bonchev–Trinajstić information content (AvgIpc) is 3.41. The van der Waals surface area contributed by atoms with Crippen molar-refractivity contribution in [3.63, 3.8) is 0 Å². The smallest absolute Gasteiger partial charge is 0.244 e. The molecule has 1 aliphatic carbocycles. The number of ether oxygens (including phenoxy) is 1. The number of anilines is 1. The summed E-state index contributed by atoms with van der Waals surface area (Å²) in [7, 11) is 0. The van der Waals surface area contributed by atoms with Crippen molar-refractivity contribution in [1.82, 2.24) is 4.90 Å². The third-order valence-electron chi connectivity index (χ3n) is 6.69. The first-order valence-corrected chi connectivity index (χ1v) is 11.3. The Morgan fingerprint density at radius 2 is 1.94 bits per heavy atom. The maximum Gasteiger partial charge on any atom is 0.244 e. The number of aryl methyl sites for hydroxylation is 2. The highest BCUT2D eigenvalue weighted by Gasteiger charge is 2.29. The number of carbonyl (C=O) groups excluding carboxylic acids is 2. The second-order valence-electron chi connectivity index (χ2n) is 8.84. The zero-order valence-corrected chi connectivity index (χ0v) is 18.5. The summed E-state index contributed by atoms with van der Waals surface area (Å²) in [5, 5.41) is 3.00. The van der Waals surface area contributed by atoms with Gasteiger partial charge in [-0.15, -0.1) is 0 Å². The van der Waals surface area contributed by atoms with Gasteiger partial charge in [-0.3, -0.25) is 9.59 Å². The van der Waals surface area contributed by atoms with Crippen LogP contribution in [-0.4, -0.2) is 42.5 Å². The molecular weight excluding hydrogens is 388 g/mol. The van der Waals surface area contributed by atoms with Gasteiger partial charge >= 0.3 is 0 Å². The van der Waals surface area contributed by atoms with Crippen LogP contribution >= 0.6 is 0 Å². The van der Waals surface area contributed by atoms with E-state index < -0.39 is 0 Å². The van der Waals surface area contributed by atoms with Gasteiger partial charge < -0.3 is 15.0 Å². The zero-order chi connectivity index (χ0) is 21.8. The van der Waals surface area contributed by atoms with Crippen molar-refractivity contribution in [2.45, 2.75) is 58.0 Å². The lowest BCUT2D eigenvalue weighted by atomic mass is 9.97. The lowest BCUT2D eigenvalue weighted by Gasteiger charge is -2.26. The topological polar surface area (TPSA) is 58.6 Å². The number of hydrogen-bond acceptors (Lipinski definition) is 3. The van der Waals surface area contributed by atoms with Crippen LogP contribution in [0.5, 0.6) is 0 Å². The van der Waals surface area contributed by atoms with Crippen LogP contribution in [0, 0.1) is 13.8 Å². The number of nitrogens with zero attached hydrogens (tertiary/aromatic N) is 1. The molecule has 5 nitrogen and oxygen atoms in total. The Kier molecular flexibility index (Phi) is 6.71. The Morgan fingerprint density at radius 1 is 1.10 bits per heavy atom. The molecule has 5 heteroatoms. The standard InChI is InChI=1S/C26H32N2O3/c1-18-7-5-11-24(19(18)2)27-25(29)17-28(16-22-9-6-14-31-22)26(30)15-21-13-12-20-8-3-4-10-23(20)21/h3-5,7-8,10-11,21-22H,6,9,12-17H2,1-2H3,(H,27,29). The largest absolute Gasteiger partial charge is 0.376 e. The maximum absolute atomic E-state index is 13.3. The third-order valence-corrected chi connectivity index (χ3v) is 6.69. The molecular formula is C26H32N2O3. The van der Waals surface area contributed by atoms with Crippen LogP contribution in [0.1, 0.15) is 53.9 Å². The number of rotatable bonds is 7. The molecule has 31 heavy (non-hydrogen) atoms. The number of carbonyl (C=O) groups is 2. The van der Waals surface area contributed by atoms with Crippen molar-refractivity contribution >= 4 is 17.5 Å². The summed E-state index contributed by atoms with van der Waals surface area (Å²) in [4.78, 5) is 27.9. The fourth-order valence-corrected chi connectivity index (χ4v) is 4.74. The van der Waals surface area contributed by atoms with Crippen molar-refractivity contribution in [3.8, 4) is 0 Å². The molecule has 1 N–H and O–H groups in total. The van der Waals surface area contributed by atoms with Crippen LogP contribution in [0.4, 0.5) is 5.69 Å². The SMILES string of the molecule is Cc1cccc(NC(=O)CN(CC2CCCO2)C(=O)CC2CCc3ccccc32)c1C. The van der Waals surface area contributed by atoms with Crippen molar-refractivity contribution in [1.29, 1.82) is 0 Å². The van der Waals surface area contributed by atoms with Gasteiger partial charge in [0.25, 0.3) is 0 Å². The van der Waals surface area contributed by atoms with E-state index in [0.29, 0.717) is 13.0 Å². The molecule has 2 unspecified atom stereocenters. The van der Waals surface area contributed by atoms with Crippen molar-refractivity contribution in [3.05, 3.63) is 64.7 Å². The lowest BCUT2D eigenvalue weighted by Crippen LogP contribution is -2.42. The van der Waals surface area contributed by atoms with E-state index in [-0.39, 0.29) is 30.4 Å². The average molecular weight is 421 g/mol. The summed E-state index contributed by atoms with van der Waals surface area (Å²) >= 11 is 0. The van der Waals surface area contributed by atoms with Crippen LogP contribution in [0.15, 0.2) is 42.5 Å². The monoisotopic (exact) mass is 420 g/mol. The van der Waals surface area contributed by atoms with Gasteiger partial charge in [0.2, 0.25) is 11.8 Å². The zero-order valence-electron chi connectivity index (χ0n) is 18.5. The van der Waals surface area contributed by atoms with Gasteiger partial charge in [-0.25, -0.2) is 0 Å². The van der Waals surface area contributed by atoms with Gasteiger partial charge in [-0.1, -0.05) is 36.4 Å².